The normalized spacial score (nSPS) is 10.8. The Morgan fingerprint density at radius 1 is 1.25 bits per heavy atom. The molecular formula is C20H20N2O2. The Bertz CT molecular complexity index is 817. The average molecular weight is 320 g/mol. The van der Waals surface area contributed by atoms with Gasteiger partial charge in [0.15, 0.2) is 0 Å². The predicted octanol–water partition coefficient (Wildman–Crippen LogP) is 4.25. The fourth-order valence-corrected chi connectivity index (χ4v) is 2.33. The van der Waals surface area contributed by atoms with Crippen LogP contribution in [0.4, 0.5) is 5.69 Å². The summed E-state index contributed by atoms with van der Waals surface area (Å²) in [5, 5.41) is 12.1. The molecule has 4 nitrogen and oxygen atoms in total. The van der Waals surface area contributed by atoms with Crippen molar-refractivity contribution in [1.82, 2.24) is 0 Å². The Kier molecular flexibility index (Phi) is 5.75. The fraction of sp³-hybridized carbons (Fsp3) is 0.200. The minimum absolute atomic E-state index is 0.0297. The molecule has 1 amide bonds. The third-order valence-corrected chi connectivity index (χ3v) is 3.51. The van der Waals surface area contributed by atoms with Crippen LogP contribution >= 0.6 is 0 Å². The Morgan fingerprint density at radius 2 is 2.00 bits per heavy atom. The van der Waals surface area contributed by atoms with Gasteiger partial charge in [-0.3, -0.25) is 4.79 Å². The molecule has 0 saturated carbocycles. The SMILES string of the molecule is CCOc1ccccc1/C=C(\C#N)C(=O)Nc1ccc(C)cc1C. The lowest BCUT2D eigenvalue weighted by atomic mass is 10.1. The van der Waals surface area contributed by atoms with Crippen LogP contribution in [0, 0.1) is 25.2 Å². The molecule has 2 aromatic carbocycles. The molecule has 122 valence electrons. The molecule has 4 heteroatoms. The molecule has 0 fully saturated rings. The number of rotatable bonds is 5. The maximum atomic E-state index is 12.4. The molecule has 2 aromatic rings. The van der Waals surface area contributed by atoms with Crippen molar-refractivity contribution in [2.45, 2.75) is 20.8 Å². The molecule has 0 saturated heterocycles. The van der Waals surface area contributed by atoms with Gasteiger partial charge < -0.3 is 10.1 Å². The standard InChI is InChI=1S/C20H20N2O2/c1-4-24-19-8-6-5-7-16(19)12-17(13-21)20(23)22-18-10-9-14(2)11-15(18)3/h5-12H,4H2,1-3H3,(H,22,23)/b17-12+. The summed E-state index contributed by atoms with van der Waals surface area (Å²) in [6, 6.07) is 15.0. The topological polar surface area (TPSA) is 62.1 Å². The Balaban J connectivity index is 2.28. The number of amides is 1. The van der Waals surface area contributed by atoms with Crippen molar-refractivity contribution in [1.29, 1.82) is 5.26 Å². The highest BCUT2D eigenvalue weighted by atomic mass is 16.5. The fourth-order valence-electron chi connectivity index (χ4n) is 2.33. The molecule has 0 unspecified atom stereocenters. The van der Waals surface area contributed by atoms with Crippen molar-refractivity contribution in [2.75, 3.05) is 11.9 Å². The number of nitrogens with zero attached hydrogens (tertiary/aromatic N) is 1. The number of nitrogens with one attached hydrogen (secondary N) is 1. The Hall–Kier alpha value is -3.06. The maximum absolute atomic E-state index is 12.4. The van der Waals surface area contributed by atoms with Crippen molar-refractivity contribution in [3.05, 3.63) is 64.7 Å². The van der Waals surface area contributed by atoms with E-state index in [9.17, 15) is 10.1 Å². The van der Waals surface area contributed by atoms with Crippen molar-refractivity contribution >= 4 is 17.7 Å². The number of hydrogen-bond acceptors (Lipinski definition) is 3. The van der Waals surface area contributed by atoms with Gasteiger partial charge in [-0.25, -0.2) is 0 Å². The van der Waals surface area contributed by atoms with Gasteiger partial charge in [-0.15, -0.1) is 0 Å². The first-order valence-electron chi connectivity index (χ1n) is 7.77. The molecule has 0 aliphatic heterocycles. The number of anilines is 1. The number of ether oxygens (including phenoxy) is 1. The molecule has 0 aliphatic rings. The number of aryl methyl sites for hydroxylation is 2. The lowest BCUT2D eigenvalue weighted by Crippen LogP contribution is -2.14. The van der Waals surface area contributed by atoms with Crippen molar-refractivity contribution in [3.63, 3.8) is 0 Å². The van der Waals surface area contributed by atoms with Gasteiger partial charge in [-0.1, -0.05) is 35.9 Å². The summed E-state index contributed by atoms with van der Waals surface area (Å²) in [6.45, 7) is 6.31. The van der Waals surface area contributed by atoms with Crippen LogP contribution in [0.15, 0.2) is 48.0 Å². The lowest BCUT2D eigenvalue weighted by Gasteiger charge is -2.10. The molecule has 0 aliphatic carbocycles. The van der Waals surface area contributed by atoms with Gasteiger partial charge in [-0.2, -0.15) is 5.26 Å². The highest BCUT2D eigenvalue weighted by molar-refractivity contribution is 6.10. The zero-order valence-corrected chi connectivity index (χ0v) is 14.1. The molecule has 0 heterocycles. The van der Waals surface area contributed by atoms with Gasteiger partial charge in [0, 0.05) is 11.3 Å². The van der Waals surface area contributed by atoms with E-state index in [1.807, 2.05) is 69.3 Å². The summed E-state index contributed by atoms with van der Waals surface area (Å²) in [5.41, 5.74) is 3.50. The third kappa shape index (κ3) is 4.23. The Morgan fingerprint density at radius 3 is 2.67 bits per heavy atom. The lowest BCUT2D eigenvalue weighted by molar-refractivity contribution is -0.112. The predicted molar refractivity (Wildman–Crippen MR) is 95.7 cm³/mol. The van der Waals surface area contributed by atoms with Crippen molar-refractivity contribution in [3.8, 4) is 11.8 Å². The first-order chi connectivity index (χ1) is 11.5. The molecular weight excluding hydrogens is 300 g/mol. The van der Waals surface area contributed by atoms with Gasteiger partial charge in [-0.05, 0) is 44.5 Å². The van der Waals surface area contributed by atoms with Gasteiger partial charge in [0.05, 0.1) is 6.61 Å². The second kappa shape index (κ2) is 7.98. The summed E-state index contributed by atoms with van der Waals surface area (Å²) in [5.74, 6) is 0.211. The second-order valence-electron chi connectivity index (χ2n) is 5.41. The highest BCUT2D eigenvalue weighted by Crippen LogP contribution is 2.22. The summed E-state index contributed by atoms with van der Waals surface area (Å²) in [4.78, 5) is 12.4. The van der Waals surface area contributed by atoms with E-state index >= 15 is 0 Å². The van der Waals surface area contributed by atoms with E-state index in [1.54, 1.807) is 6.08 Å². The van der Waals surface area contributed by atoms with Crippen LogP contribution in [-0.4, -0.2) is 12.5 Å². The molecule has 2 rings (SSSR count). The summed E-state index contributed by atoms with van der Waals surface area (Å²) < 4.78 is 5.53. The van der Waals surface area contributed by atoms with Crippen molar-refractivity contribution < 1.29 is 9.53 Å². The Labute approximate surface area is 142 Å². The number of nitriles is 1. The number of para-hydroxylation sites is 1. The van der Waals surface area contributed by atoms with Gasteiger partial charge >= 0.3 is 0 Å². The quantitative estimate of drug-likeness (QED) is 0.662. The van der Waals surface area contributed by atoms with Crippen LogP contribution in [0.2, 0.25) is 0 Å². The second-order valence-corrected chi connectivity index (χ2v) is 5.41. The van der Waals surface area contributed by atoms with Crippen LogP contribution in [0.3, 0.4) is 0 Å². The zero-order chi connectivity index (χ0) is 17.5. The summed E-state index contributed by atoms with van der Waals surface area (Å²) in [6.07, 6.45) is 1.55. The van der Waals surface area contributed by atoms with Gasteiger partial charge in [0.1, 0.15) is 17.4 Å². The number of benzene rings is 2. The maximum Gasteiger partial charge on any atom is 0.266 e. The van der Waals surface area contributed by atoms with Crippen LogP contribution in [0.5, 0.6) is 5.75 Å². The number of carbonyl (C=O) groups excluding carboxylic acids is 1. The molecule has 0 radical (unpaired) electrons. The highest BCUT2D eigenvalue weighted by Gasteiger charge is 2.12. The zero-order valence-electron chi connectivity index (χ0n) is 14.1. The number of hydrogen-bond donors (Lipinski definition) is 1. The molecule has 0 atom stereocenters. The minimum Gasteiger partial charge on any atom is -0.493 e. The smallest absolute Gasteiger partial charge is 0.266 e. The molecule has 0 aromatic heterocycles. The van der Waals surface area contributed by atoms with Crippen LogP contribution in [0.1, 0.15) is 23.6 Å². The summed E-state index contributed by atoms with van der Waals surface area (Å²) >= 11 is 0. The van der Waals surface area contributed by atoms with E-state index in [-0.39, 0.29) is 5.57 Å². The first-order valence-corrected chi connectivity index (χ1v) is 7.77. The molecule has 0 bridgehead atoms. The number of carbonyl (C=O) groups is 1. The molecule has 24 heavy (non-hydrogen) atoms. The van der Waals surface area contributed by atoms with E-state index in [0.29, 0.717) is 23.6 Å². The van der Waals surface area contributed by atoms with E-state index in [2.05, 4.69) is 5.32 Å². The largest absolute Gasteiger partial charge is 0.493 e. The molecule has 0 spiro atoms. The summed E-state index contributed by atoms with van der Waals surface area (Å²) in [7, 11) is 0. The van der Waals surface area contributed by atoms with E-state index < -0.39 is 5.91 Å². The van der Waals surface area contributed by atoms with E-state index in [0.717, 1.165) is 11.1 Å². The van der Waals surface area contributed by atoms with Crippen LogP contribution in [-0.2, 0) is 4.79 Å². The van der Waals surface area contributed by atoms with Gasteiger partial charge in [0.25, 0.3) is 5.91 Å². The van der Waals surface area contributed by atoms with Gasteiger partial charge in [0.2, 0.25) is 0 Å². The minimum atomic E-state index is -0.434. The third-order valence-electron chi connectivity index (χ3n) is 3.51. The average Bonchev–Trinajstić information content (AvgIpc) is 2.56. The molecule has 1 N–H and O–H groups in total. The van der Waals surface area contributed by atoms with Crippen LogP contribution < -0.4 is 10.1 Å². The van der Waals surface area contributed by atoms with Crippen LogP contribution in [0.25, 0.3) is 6.08 Å². The van der Waals surface area contributed by atoms with E-state index in [1.165, 1.54) is 0 Å². The van der Waals surface area contributed by atoms with Crippen molar-refractivity contribution in [2.24, 2.45) is 0 Å². The monoisotopic (exact) mass is 320 g/mol. The first kappa shape index (κ1) is 17.3. The van der Waals surface area contributed by atoms with E-state index in [4.69, 9.17) is 4.74 Å².